The Kier molecular flexibility index (Phi) is 7.31. The molecule has 1 N–H and O–H groups in total. The zero-order valence-corrected chi connectivity index (χ0v) is 18.3. The Morgan fingerprint density at radius 3 is 2.29 bits per heavy atom. The summed E-state index contributed by atoms with van der Waals surface area (Å²) in [6.07, 6.45) is 0.661. The van der Waals surface area contributed by atoms with Crippen LogP contribution in [0.15, 0.2) is 54.2 Å². The normalized spacial score (nSPS) is 13.9. The van der Waals surface area contributed by atoms with Crippen molar-refractivity contribution in [3.63, 3.8) is 0 Å². The summed E-state index contributed by atoms with van der Waals surface area (Å²) in [5.41, 5.74) is 1.85. The van der Waals surface area contributed by atoms with E-state index in [0.717, 1.165) is 5.69 Å². The number of para-hydroxylation sites is 1. The van der Waals surface area contributed by atoms with Gasteiger partial charge in [-0.2, -0.15) is 0 Å². The number of amides is 2. The molecule has 0 unspecified atom stereocenters. The molecule has 0 fully saturated rings. The topological polar surface area (TPSA) is 77.1 Å². The van der Waals surface area contributed by atoms with E-state index in [1.165, 1.54) is 12.0 Å². The highest BCUT2D eigenvalue weighted by molar-refractivity contribution is 6.36. The molecule has 0 saturated heterocycles. The Hall–Kier alpha value is -3.32. The molecule has 2 aromatic carbocycles. The minimum absolute atomic E-state index is 0.0979. The Labute approximate surface area is 182 Å². The van der Waals surface area contributed by atoms with Crippen LogP contribution >= 0.6 is 0 Å². The van der Waals surface area contributed by atoms with E-state index in [1.807, 2.05) is 44.2 Å². The van der Waals surface area contributed by atoms with E-state index in [4.69, 9.17) is 14.2 Å². The first kappa shape index (κ1) is 22.4. The molecule has 1 heterocycles. The molecule has 0 saturated carbocycles. The fourth-order valence-corrected chi connectivity index (χ4v) is 3.36. The highest BCUT2D eigenvalue weighted by Crippen LogP contribution is 2.35. The van der Waals surface area contributed by atoms with Crippen LogP contribution in [0.1, 0.15) is 25.8 Å². The lowest BCUT2D eigenvalue weighted by molar-refractivity contribution is -0.137. The fraction of sp³-hybridized carbons (Fsp3) is 0.333. The Morgan fingerprint density at radius 1 is 0.935 bits per heavy atom. The summed E-state index contributed by atoms with van der Waals surface area (Å²) in [7, 11) is 3.08. The molecule has 7 nitrogen and oxygen atoms in total. The van der Waals surface area contributed by atoms with Crippen molar-refractivity contribution in [1.82, 2.24) is 4.90 Å². The molecule has 7 heteroatoms. The number of hydrogen-bond acceptors (Lipinski definition) is 6. The Balaban J connectivity index is 1.95. The van der Waals surface area contributed by atoms with Crippen molar-refractivity contribution in [3.8, 4) is 11.5 Å². The third-order valence-electron chi connectivity index (χ3n) is 4.86. The number of anilines is 1. The van der Waals surface area contributed by atoms with Crippen LogP contribution in [0.25, 0.3) is 5.57 Å². The fourth-order valence-electron chi connectivity index (χ4n) is 3.36. The molecule has 31 heavy (non-hydrogen) atoms. The number of rotatable bonds is 10. The zero-order valence-electron chi connectivity index (χ0n) is 18.3. The quantitative estimate of drug-likeness (QED) is 0.463. The van der Waals surface area contributed by atoms with Crippen molar-refractivity contribution in [2.45, 2.75) is 26.4 Å². The molecule has 1 aliphatic heterocycles. The predicted octanol–water partition coefficient (Wildman–Crippen LogP) is 3.71. The number of hydrogen-bond donors (Lipinski definition) is 1. The lowest BCUT2D eigenvalue weighted by Gasteiger charge is -2.16. The molecule has 0 radical (unpaired) electrons. The van der Waals surface area contributed by atoms with E-state index in [0.29, 0.717) is 35.7 Å². The minimum atomic E-state index is -0.358. The molecule has 0 spiro atoms. The molecule has 2 amide bonds. The summed E-state index contributed by atoms with van der Waals surface area (Å²) in [4.78, 5) is 27.8. The number of ether oxygens (including phenoxy) is 3. The first-order valence-electron chi connectivity index (χ1n) is 10.2. The van der Waals surface area contributed by atoms with Crippen LogP contribution in [0, 0.1) is 0 Å². The van der Waals surface area contributed by atoms with E-state index in [2.05, 4.69) is 5.32 Å². The van der Waals surface area contributed by atoms with Gasteiger partial charge in [0.25, 0.3) is 11.8 Å². The predicted molar refractivity (Wildman–Crippen MR) is 119 cm³/mol. The number of imide groups is 1. The van der Waals surface area contributed by atoms with Gasteiger partial charge >= 0.3 is 0 Å². The van der Waals surface area contributed by atoms with Crippen LogP contribution in [-0.2, 0) is 14.3 Å². The van der Waals surface area contributed by atoms with Gasteiger partial charge in [0.2, 0.25) is 0 Å². The van der Waals surface area contributed by atoms with Crippen molar-refractivity contribution in [3.05, 3.63) is 59.8 Å². The van der Waals surface area contributed by atoms with Gasteiger partial charge < -0.3 is 19.5 Å². The molecule has 0 aliphatic carbocycles. The van der Waals surface area contributed by atoms with E-state index in [-0.39, 0.29) is 30.2 Å². The SMILES string of the molecule is COc1ccc(C2=C(Nc3ccccc3)C(=O)N(CCCOC(C)C)C2=O)cc1OC. The number of benzene rings is 2. The van der Waals surface area contributed by atoms with Gasteiger partial charge in [-0.3, -0.25) is 14.5 Å². The summed E-state index contributed by atoms with van der Waals surface area (Å²) in [6.45, 7) is 4.65. The molecule has 0 aromatic heterocycles. The van der Waals surface area contributed by atoms with Crippen LogP contribution < -0.4 is 14.8 Å². The van der Waals surface area contributed by atoms with Gasteiger partial charge in [-0.05, 0) is 50.1 Å². The van der Waals surface area contributed by atoms with E-state index < -0.39 is 0 Å². The average molecular weight is 424 g/mol. The van der Waals surface area contributed by atoms with Crippen molar-refractivity contribution in [2.75, 3.05) is 32.7 Å². The van der Waals surface area contributed by atoms with Gasteiger partial charge in [0.1, 0.15) is 5.70 Å². The lowest BCUT2D eigenvalue weighted by Crippen LogP contribution is -2.34. The second-order valence-corrected chi connectivity index (χ2v) is 7.35. The maximum atomic E-state index is 13.3. The van der Waals surface area contributed by atoms with Gasteiger partial charge in [0.15, 0.2) is 11.5 Å². The van der Waals surface area contributed by atoms with E-state index in [1.54, 1.807) is 25.3 Å². The van der Waals surface area contributed by atoms with Crippen LogP contribution in [0.3, 0.4) is 0 Å². The van der Waals surface area contributed by atoms with Gasteiger partial charge in [-0.1, -0.05) is 24.3 Å². The molecule has 1 aliphatic rings. The maximum absolute atomic E-state index is 13.3. The number of methoxy groups -OCH3 is 2. The third kappa shape index (κ3) is 5.06. The molecule has 2 aromatic rings. The third-order valence-corrected chi connectivity index (χ3v) is 4.86. The Morgan fingerprint density at radius 2 is 1.65 bits per heavy atom. The average Bonchev–Trinajstić information content (AvgIpc) is 3.00. The monoisotopic (exact) mass is 424 g/mol. The molecule has 0 bridgehead atoms. The maximum Gasteiger partial charge on any atom is 0.278 e. The smallest absolute Gasteiger partial charge is 0.278 e. The van der Waals surface area contributed by atoms with Crippen LogP contribution in [-0.4, -0.2) is 50.2 Å². The van der Waals surface area contributed by atoms with Gasteiger partial charge in [0, 0.05) is 18.8 Å². The van der Waals surface area contributed by atoms with Gasteiger partial charge in [0.05, 0.1) is 25.9 Å². The summed E-state index contributed by atoms with van der Waals surface area (Å²) >= 11 is 0. The first-order valence-corrected chi connectivity index (χ1v) is 10.2. The van der Waals surface area contributed by atoms with Crippen LogP contribution in [0.2, 0.25) is 0 Å². The molecular weight excluding hydrogens is 396 g/mol. The summed E-state index contributed by atoms with van der Waals surface area (Å²) in [6, 6.07) is 14.5. The van der Waals surface area contributed by atoms with E-state index in [9.17, 15) is 9.59 Å². The summed E-state index contributed by atoms with van der Waals surface area (Å²) in [5.74, 6) is 0.322. The van der Waals surface area contributed by atoms with Crippen molar-refractivity contribution in [1.29, 1.82) is 0 Å². The summed E-state index contributed by atoms with van der Waals surface area (Å²) < 4.78 is 16.2. The van der Waals surface area contributed by atoms with E-state index >= 15 is 0 Å². The van der Waals surface area contributed by atoms with Crippen molar-refractivity contribution >= 4 is 23.1 Å². The van der Waals surface area contributed by atoms with Gasteiger partial charge in [-0.25, -0.2) is 0 Å². The molecule has 3 rings (SSSR count). The molecule has 0 atom stereocenters. The van der Waals surface area contributed by atoms with Crippen LogP contribution in [0.4, 0.5) is 5.69 Å². The summed E-state index contributed by atoms with van der Waals surface area (Å²) in [5, 5.41) is 3.14. The Bertz CT molecular complexity index is 969. The van der Waals surface area contributed by atoms with Crippen molar-refractivity contribution < 1.29 is 23.8 Å². The molecule has 164 valence electrons. The second kappa shape index (κ2) is 10.1. The number of nitrogens with one attached hydrogen (secondary N) is 1. The molecular formula is C24H28N2O5. The van der Waals surface area contributed by atoms with Gasteiger partial charge in [-0.15, -0.1) is 0 Å². The van der Waals surface area contributed by atoms with Crippen molar-refractivity contribution in [2.24, 2.45) is 0 Å². The lowest BCUT2D eigenvalue weighted by atomic mass is 10.0. The second-order valence-electron chi connectivity index (χ2n) is 7.35. The zero-order chi connectivity index (χ0) is 22.4. The number of carbonyl (C=O) groups is 2. The number of carbonyl (C=O) groups excluding carboxylic acids is 2. The van der Waals surface area contributed by atoms with Crippen LogP contribution in [0.5, 0.6) is 11.5 Å². The largest absolute Gasteiger partial charge is 0.493 e. The minimum Gasteiger partial charge on any atom is -0.493 e. The highest BCUT2D eigenvalue weighted by Gasteiger charge is 2.39. The standard InChI is InChI=1S/C24H28N2O5/c1-16(2)31-14-8-13-26-23(27)21(17-11-12-19(29-3)20(15-17)30-4)22(24(26)28)25-18-9-6-5-7-10-18/h5-7,9-12,15-16,25H,8,13-14H2,1-4H3. The number of nitrogens with zero attached hydrogens (tertiary/aromatic N) is 1. The first-order chi connectivity index (χ1) is 15.0. The highest BCUT2D eigenvalue weighted by atomic mass is 16.5.